The molecule has 2 aliphatic rings. The van der Waals surface area contributed by atoms with Gasteiger partial charge in [-0.05, 0) is 7.05 Å². The van der Waals surface area contributed by atoms with Crippen molar-refractivity contribution in [2.24, 2.45) is 7.05 Å². The van der Waals surface area contributed by atoms with E-state index in [0.717, 1.165) is 25.5 Å². The van der Waals surface area contributed by atoms with Crippen LogP contribution in [-0.2, 0) is 23.4 Å². The normalized spacial score (nSPS) is 31.5. The summed E-state index contributed by atoms with van der Waals surface area (Å²) < 4.78 is 25.8. The van der Waals surface area contributed by atoms with E-state index in [4.69, 9.17) is 0 Å². The van der Waals surface area contributed by atoms with Gasteiger partial charge in [0.2, 0.25) is 0 Å². The van der Waals surface area contributed by atoms with Crippen LogP contribution >= 0.6 is 0 Å². The van der Waals surface area contributed by atoms with Crippen LogP contribution < -0.4 is 0 Å². The Hall–Kier alpha value is -0.920. The minimum Gasteiger partial charge on any atom is -0.337 e. The Morgan fingerprint density at radius 1 is 1.26 bits per heavy atom. The minimum absolute atomic E-state index is 0.112. The number of rotatable bonds is 2. The smallest absolute Gasteiger partial charge is 0.153 e. The van der Waals surface area contributed by atoms with Crippen molar-refractivity contribution < 1.29 is 8.42 Å². The maximum absolute atomic E-state index is 11.9. The summed E-state index contributed by atoms with van der Waals surface area (Å²) >= 11 is 0. The van der Waals surface area contributed by atoms with Crippen LogP contribution in [0.4, 0.5) is 0 Å². The van der Waals surface area contributed by atoms with E-state index in [1.54, 1.807) is 6.20 Å². The number of fused-ring (bicyclic) bond motifs is 1. The molecule has 106 valence electrons. The highest BCUT2D eigenvalue weighted by Gasteiger charge is 2.45. The summed E-state index contributed by atoms with van der Waals surface area (Å²) in [6.45, 7) is 2.55. The van der Waals surface area contributed by atoms with Gasteiger partial charge in [-0.2, -0.15) is 0 Å². The largest absolute Gasteiger partial charge is 0.337 e. The van der Waals surface area contributed by atoms with Crippen LogP contribution in [0.5, 0.6) is 0 Å². The summed E-state index contributed by atoms with van der Waals surface area (Å²) in [5.74, 6) is 1.57. The first-order chi connectivity index (χ1) is 8.96. The van der Waals surface area contributed by atoms with Gasteiger partial charge >= 0.3 is 0 Å². The van der Waals surface area contributed by atoms with Crippen LogP contribution in [0.25, 0.3) is 0 Å². The minimum atomic E-state index is -2.89. The van der Waals surface area contributed by atoms with Crippen LogP contribution in [0.1, 0.15) is 5.82 Å². The molecule has 2 saturated heterocycles. The molecular formula is C12H20N4O2S. The van der Waals surface area contributed by atoms with Crippen molar-refractivity contribution in [2.75, 3.05) is 31.6 Å². The molecule has 3 heterocycles. The number of imidazole rings is 1. The topological polar surface area (TPSA) is 58.4 Å². The lowest BCUT2D eigenvalue weighted by atomic mass is 10.1. The number of nitrogens with zero attached hydrogens (tertiary/aromatic N) is 4. The quantitative estimate of drug-likeness (QED) is 0.721. The number of aryl methyl sites for hydroxylation is 1. The van der Waals surface area contributed by atoms with Gasteiger partial charge in [0.1, 0.15) is 5.82 Å². The average molecular weight is 284 g/mol. The van der Waals surface area contributed by atoms with Gasteiger partial charge in [-0.15, -0.1) is 0 Å². The molecule has 7 heteroatoms. The standard InChI is InChI=1S/C12H20N4O2S/c1-14-5-6-16(7-12-13-3-4-15(12)2)11-9-19(17,18)8-10(11)14/h3-4,10-11H,5-9H2,1-2H3/t10-,11+/m0/s1. The summed E-state index contributed by atoms with van der Waals surface area (Å²) in [4.78, 5) is 8.80. The highest BCUT2D eigenvalue weighted by molar-refractivity contribution is 7.91. The predicted octanol–water partition coefficient (Wildman–Crippen LogP) is -0.667. The highest BCUT2D eigenvalue weighted by Crippen LogP contribution is 2.26. The molecule has 3 rings (SSSR count). The summed E-state index contributed by atoms with van der Waals surface area (Å²) in [7, 11) is 1.10. The van der Waals surface area contributed by atoms with Crippen LogP contribution in [-0.4, -0.2) is 71.5 Å². The Morgan fingerprint density at radius 2 is 2.00 bits per heavy atom. The SMILES string of the molecule is CN1CCN(Cc2nccn2C)[C@@H]2CS(=O)(=O)C[C@@H]21. The molecule has 2 aliphatic heterocycles. The van der Waals surface area contributed by atoms with Crippen LogP contribution in [0.3, 0.4) is 0 Å². The third kappa shape index (κ3) is 2.42. The Balaban J connectivity index is 1.81. The van der Waals surface area contributed by atoms with Gasteiger partial charge in [0.25, 0.3) is 0 Å². The molecule has 0 unspecified atom stereocenters. The zero-order valence-electron chi connectivity index (χ0n) is 11.4. The molecule has 2 atom stereocenters. The van der Waals surface area contributed by atoms with Gasteiger partial charge < -0.3 is 4.57 Å². The third-order valence-corrected chi connectivity index (χ3v) is 6.03. The highest BCUT2D eigenvalue weighted by atomic mass is 32.2. The van der Waals surface area contributed by atoms with Crippen molar-refractivity contribution in [3.05, 3.63) is 18.2 Å². The molecule has 19 heavy (non-hydrogen) atoms. The van der Waals surface area contributed by atoms with Crippen LogP contribution in [0.2, 0.25) is 0 Å². The van der Waals surface area contributed by atoms with E-state index in [9.17, 15) is 8.42 Å². The molecule has 0 spiro atoms. The second-order valence-electron chi connectivity index (χ2n) is 5.62. The first kappa shape index (κ1) is 13.1. The number of hydrogen-bond acceptors (Lipinski definition) is 5. The summed E-state index contributed by atoms with van der Waals surface area (Å²) in [6.07, 6.45) is 3.71. The number of sulfone groups is 1. The number of aromatic nitrogens is 2. The molecule has 0 aromatic carbocycles. The Kier molecular flexibility index (Phi) is 3.15. The Bertz CT molecular complexity index is 568. The van der Waals surface area contributed by atoms with E-state index in [2.05, 4.69) is 14.8 Å². The molecule has 6 nitrogen and oxygen atoms in total. The lowest BCUT2D eigenvalue weighted by Crippen LogP contribution is -2.57. The maximum atomic E-state index is 11.9. The van der Waals surface area contributed by atoms with Crippen molar-refractivity contribution in [2.45, 2.75) is 18.6 Å². The predicted molar refractivity (Wildman–Crippen MR) is 72.5 cm³/mol. The molecule has 0 radical (unpaired) electrons. The molecule has 1 aromatic heterocycles. The zero-order chi connectivity index (χ0) is 13.6. The first-order valence-electron chi connectivity index (χ1n) is 6.57. The fourth-order valence-corrected chi connectivity index (χ4v) is 5.21. The first-order valence-corrected chi connectivity index (χ1v) is 8.39. The van der Waals surface area contributed by atoms with Crippen molar-refractivity contribution in [1.82, 2.24) is 19.4 Å². The Labute approximate surface area is 113 Å². The van der Waals surface area contributed by atoms with Crippen LogP contribution in [0.15, 0.2) is 12.4 Å². The van der Waals surface area contributed by atoms with Gasteiger partial charge in [-0.25, -0.2) is 13.4 Å². The molecule has 2 fully saturated rings. The summed E-state index contributed by atoms with van der Waals surface area (Å²) in [5, 5.41) is 0. The zero-order valence-corrected chi connectivity index (χ0v) is 12.2. The lowest BCUT2D eigenvalue weighted by Gasteiger charge is -2.42. The molecule has 1 aromatic rings. The van der Waals surface area contributed by atoms with Gasteiger partial charge in [0.05, 0.1) is 18.1 Å². The average Bonchev–Trinajstić information content (AvgIpc) is 2.87. The van der Waals surface area contributed by atoms with E-state index < -0.39 is 9.84 Å². The second kappa shape index (κ2) is 4.57. The van der Waals surface area contributed by atoms with E-state index in [1.807, 2.05) is 24.9 Å². The number of piperazine rings is 1. The molecule has 0 aliphatic carbocycles. The maximum Gasteiger partial charge on any atom is 0.153 e. The molecule has 0 amide bonds. The van der Waals surface area contributed by atoms with E-state index in [1.165, 1.54) is 0 Å². The van der Waals surface area contributed by atoms with E-state index >= 15 is 0 Å². The number of likely N-dealkylation sites (N-methyl/N-ethyl adjacent to an activating group) is 1. The fourth-order valence-electron chi connectivity index (χ4n) is 3.12. The molecule has 0 saturated carbocycles. The molecule has 0 N–H and O–H groups in total. The van der Waals surface area contributed by atoms with Gasteiger partial charge in [-0.3, -0.25) is 9.80 Å². The van der Waals surface area contributed by atoms with Gasteiger partial charge in [0, 0.05) is 44.6 Å². The Morgan fingerprint density at radius 3 is 2.68 bits per heavy atom. The lowest BCUT2D eigenvalue weighted by molar-refractivity contribution is 0.0549. The van der Waals surface area contributed by atoms with E-state index in [0.29, 0.717) is 5.75 Å². The summed E-state index contributed by atoms with van der Waals surface area (Å²) in [5.41, 5.74) is 0. The molecular weight excluding hydrogens is 264 g/mol. The monoisotopic (exact) mass is 284 g/mol. The van der Waals surface area contributed by atoms with Crippen molar-refractivity contribution in [3.8, 4) is 0 Å². The van der Waals surface area contributed by atoms with Gasteiger partial charge in [0.15, 0.2) is 9.84 Å². The van der Waals surface area contributed by atoms with Crippen molar-refractivity contribution in [3.63, 3.8) is 0 Å². The van der Waals surface area contributed by atoms with Crippen molar-refractivity contribution in [1.29, 1.82) is 0 Å². The fraction of sp³-hybridized carbons (Fsp3) is 0.750. The van der Waals surface area contributed by atoms with Crippen molar-refractivity contribution >= 4 is 9.84 Å². The third-order valence-electron chi connectivity index (χ3n) is 4.33. The second-order valence-corrected chi connectivity index (χ2v) is 7.77. The van der Waals surface area contributed by atoms with Gasteiger partial charge in [-0.1, -0.05) is 0 Å². The summed E-state index contributed by atoms with van der Waals surface area (Å²) in [6, 6.07) is 0.250. The van der Waals surface area contributed by atoms with Crippen LogP contribution in [0, 0.1) is 0 Å². The number of hydrogen-bond donors (Lipinski definition) is 0. The molecule has 0 bridgehead atoms. The van der Waals surface area contributed by atoms with E-state index in [-0.39, 0.29) is 17.8 Å².